The maximum Gasteiger partial charge on any atom is 0.115 e. The van der Waals surface area contributed by atoms with Crippen molar-refractivity contribution in [2.75, 3.05) is 0 Å². The Morgan fingerprint density at radius 3 is 1.17 bits per heavy atom. The van der Waals surface area contributed by atoms with Crippen LogP contribution in [0.4, 0.5) is 0 Å². The van der Waals surface area contributed by atoms with Gasteiger partial charge >= 0.3 is 0 Å². The molecule has 2 aromatic rings. The molecule has 1 aliphatic rings. The number of hydrogen-bond acceptors (Lipinski definition) is 2. The number of allylic oxidation sites excluding steroid dienone is 3. The molecule has 1 fully saturated rings. The van der Waals surface area contributed by atoms with Crippen LogP contribution in [0.1, 0.15) is 19.3 Å². The standard InChI is InChI=1S/C9H12.2C6H6O/c1-7-5-4-6-8(2)9(7)3;2*7-6-4-2-1-3-5-6/h1-6H2;2*1-5,7H. The summed E-state index contributed by atoms with van der Waals surface area (Å²) < 4.78 is 0. The van der Waals surface area contributed by atoms with Gasteiger partial charge in [0.05, 0.1) is 0 Å². The van der Waals surface area contributed by atoms with Gasteiger partial charge in [0.15, 0.2) is 0 Å². The third-order valence-corrected chi connectivity index (χ3v) is 3.32. The molecule has 0 saturated heterocycles. The van der Waals surface area contributed by atoms with E-state index in [0.717, 1.165) is 18.4 Å². The summed E-state index contributed by atoms with van der Waals surface area (Å²) in [7, 11) is 0. The lowest BCUT2D eigenvalue weighted by atomic mass is 9.88. The van der Waals surface area contributed by atoms with Crippen molar-refractivity contribution in [1.82, 2.24) is 0 Å². The van der Waals surface area contributed by atoms with E-state index in [-0.39, 0.29) is 0 Å². The van der Waals surface area contributed by atoms with Crippen LogP contribution in [0.25, 0.3) is 0 Å². The molecule has 2 aromatic carbocycles. The smallest absolute Gasteiger partial charge is 0.115 e. The van der Waals surface area contributed by atoms with Gasteiger partial charge in [-0.05, 0) is 60.2 Å². The molecule has 0 heterocycles. The molecule has 0 aliphatic heterocycles. The molecular weight excluding hydrogens is 284 g/mol. The minimum Gasteiger partial charge on any atom is -0.508 e. The minimum atomic E-state index is 0.322. The lowest BCUT2D eigenvalue weighted by molar-refractivity contribution is 0.475. The number of para-hydroxylation sites is 2. The van der Waals surface area contributed by atoms with Gasteiger partial charge in [0, 0.05) is 0 Å². The maximum atomic E-state index is 8.63. The summed E-state index contributed by atoms with van der Waals surface area (Å²) in [4.78, 5) is 0. The Labute approximate surface area is 138 Å². The lowest BCUT2D eigenvalue weighted by Gasteiger charge is -2.17. The van der Waals surface area contributed by atoms with Crippen LogP contribution in [0.15, 0.2) is 97.1 Å². The van der Waals surface area contributed by atoms with Gasteiger partial charge in [-0.25, -0.2) is 0 Å². The van der Waals surface area contributed by atoms with Crippen LogP contribution in [0, 0.1) is 0 Å². The highest BCUT2D eigenvalue weighted by molar-refractivity contribution is 5.43. The van der Waals surface area contributed by atoms with E-state index < -0.39 is 0 Å². The fraction of sp³-hybridized carbons (Fsp3) is 0.143. The fourth-order valence-corrected chi connectivity index (χ4v) is 1.92. The molecule has 2 nitrogen and oxygen atoms in total. The van der Waals surface area contributed by atoms with Crippen LogP contribution < -0.4 is 0 Å². The number of phenolic OH excluding ortho intramolecular Hbond substituents is 2. The second-order valence-corrected chi connectivity index (χ2v) is 5.21. The van der Waals surface area contributed by atoms with Crippen molar-refractivity contribution in [3.63, 3.8) is 0 Å². The highest BCUT2D eigenvalue weighted by Crippen LogP contribution is 2.29. The summed E-state index contributed by atoms with van der Waals surface area (Å²) in [5.74, 6) is 0.644. The zero-order valence-corrected chi connectivity index (χ0v) is 13.4. The molecule has 23 heavy (non-hydrogen) atoms. The van der Waals surface area contributed by atoms with Crippen LogP contribution in [0.5, 0.6) is 11.5 Å². The number of aromatic hydroxyl groups is 2. The van der Waals surface area contributed by atoms with E-state index in [4.69, 9.17) is 10.2 Å². The van der Waals surface area contributed by atoms with Crippen molar-refractivity contribution in [2.45, 2.75) is 19.3 Å². The lowest BCUT2D eigenvalue weighted by Crippen LogP contribution is -1.98. The third-order valence-electron chi connectivity index (χ3n) is 3.32. The number of hydrogen-bond donors (Lipinski definition) is 2. The van der Waals surface area contributed by atoms with E-state index in [1.165, 1.54) is 17.6 Å². The van der Waals surface area contributed by atoms with E-state index in [2.05, 4.69) is 19.7 Å². The van der Waals surface area contributed by atoms with E-state index in [0.29, 0.717) is 11.5 Å². The molecule has 0 bridgehead atoms. The largest absolute Gasteiger partial charge is 0.508 e. The Bertz CT molecular complexity index is 572. The predicted octanol–water partition coefficient (Wildman–Crippen LogP) is 5.62. The molecular formula is C21H24O2. The van der Waals surface area contributed by atoms with Crippen LogP contribution in [-0.2, 0) is 0 Å². The molecule has 0 aromatic heterocycles. The normalized spacial score (nSPS) is 13.3. The average Bonchev–Trinajstić information content (AvgIpc) is 2.55. The van der Waals surface area contributed by atoms with Gasteiger partial charge in [-0.1, -0.05) is 56.1 Å². The van der Waals surface area contributed by atoms with Gasteiger partial charge in [-0.2, -0.15) is 0 Å². The molecule has 0 atom stereocenters. The van der Waals surface area contributed by atoms with Crippen LogP contribution in [0.3, 0.4) is 0 Å². The highest BCUT2D eigenvalue weighted by Gasteiger charge is 2.09. The zero-order chi connectivity index (χ0) is 17.1. The van der Waals surface area contributed by atoms with Crippen LogP contribution in [0.2, 0.25) is 0 Å². The monoisotopic (exact) mass is 308 g/mol. The fourth-order valence-electron chi connectivity index (χ4n) is 1.92. The van der Waals surface area contributed by atoms with Crippen molar-refractivity contribution in [2.24, 2.45) is 0 Å². The van der Waals surface area contributed by atoms with Crippen LogP contribution >= 0.6 is 0 Å². The summed E-state index contributed by atoms with van der Waals surface area (Å²) in [6, 6.07) is 17.4. The topological polar surface area (TPSA) is 40.5 Å². The average molecular weight is 308 g/mol. The van der Waals surface area contributed by atoms with Gasteiger partial charge in [-0.15, -0.1) is 0 Å². The Morgan fingerprint density at radius 2 is 0.957 bits per heavy atom. The quantitative estimate of drug-likeness (QED) is 0.662. The molecule has 2 N–H and O–H groups in total. The maximum absolute atomic E-state index is 8.63. The van der Waals surface area contributed by atoms with E-state index in [1.807, 2.05) is 12.1 Å². The molecule has 1 saturated carbocycles. The van der Waals surface area contributed by atoms with Crippen molar-refractivity contribution < 1.29 is 10.2 Å². The zero-order valence-electron chi connectivity index (χ0n) is 13.4. The number of benzene rings is 2. The highest BCUT2D eigenvalue weighted by atomic mass is 16.3. The number of rotatable bonds is 0. The molecule has 1 aliphatic carbocycles. The Balaban J connectivity index is 0.000000175. The van der Waals surface area contributed by atoms with Gasteiger partial charge in [0.2, 0.25) is 0 Å². The first-order valence-electron chi connectivity index (χ1n) is 7.54. The van der Waals surface area contributed by atoms with Gasteiger partial charge < -0.3 is 10.2 Å². The third kappa shape index (κ3) is 7.72. The molecule has 0 radical (unpaired) electrons. The molecule has 0 spiro atoms. The first kappa shape index (κ1) is 18.3. The molecule has 3 rings (SSSR count). The van der Waals surface area contributed by atoms with Crippen molar-refractivity contribution >= 4 is 0 Å². The summed E-state index contributed by atoms with van der Waals surface area (Å²) in [6.07, 6.45) is 3.42. The summed E-state index contributed by atoms with van der Waals surface area (Å²) in [6.45, 7) is 11.6. The Kier molecular flexibility index (Phi) is 8.01. The summed E-state index contributed by atoms with van der Waals surface area (Å²) >= 11 is 0. The first-order chi connectivity index (χ1) is 11.0. The minimum absolute atomic E-state index is 0.322. The van der Waals surface area contributed by atoms with Crippen molar-refractivity contribution in [3.05, 3.63) is 97.1 Å². The van der Waals surface area contributed by atoms with E-state index >= 15 is 0 Å². The van der Waals surface area contributed by atoms with Gasteiger partial charge in [-0.3, -0.25) is 0 Å². The summed E-state index contributed by atoms with van der Waals surface area (Å²) in [5, 5.41) is 17.3. The molecule has 0 unspecified atom stereocenters. The van der Waals surface area contributed by atoms with Gasteiger partial charge in [0.1, 0.15) is 11.5 Å². The SMILES string of the molecule is C=C1CCCC(=C)C1=C.Oc1ccccc1.Oc1ccccc1. The Hall–Kier alpha value is -2.74. The van der Waals surface area contributed by atoms with Crippen LogP contribution in [-0.4, -0.2) is 10.2 Å². The second-order valence-electron chi connectivity index (χ2n) is 5.21. The van der Waals surface area contributed by atoms with Crippen molar-refractivity contribution in [3.8, 4) is 11.5 Å². The first-order valence-corrected chi connectivity index (χ1v) is 7.54. The second kappa shape index (κ2) is 10.1. The molecule has 0 amide bonds. The predicted molar refractivity (Wildman–Crippen MR) is 97.5 cm³/mol. The van der Waals surface area contributed by atoms with Crippen molar-refractivity contribution in [1.29, 1.82) is 0 Å². The van der Waals surface area contributed by atoms with Gasteiger partial charge in [0.25, 0.3) is 0 Å². The Morgan fingerprint density at radius 1 is 0.609 bits per heavy atom. The van der Waals surface area contributed by atoms with E-state index in [1.54, 1.807) is 48.5 Å². The molecule has 120 valence electrons. The van der Waals surface area contributed by atoms with E-state index in [9.17, 15) is 0 Å². The summed E-state index contributed by atoms with van der Waals surface area (Å²) in [5.41, 5.74) is 3.43. The number of phenols is 2. The molecule has 2 heteroatoms.